The maximum absolute atomic E-state index is 13.2. The van der Waals surface area contributed by atoms with Crippen LogP contribution in [0.2, 0.25) is 0 Å². The molecule has 34 heavy (non-hydrogen) atoms. The van der Waals surface area contributed by atoms with Crippen molar-refractivity contribution in [1.82, 2.24) is 8.87 Å². The second-order valence-electron chi connectivity index (χ2n) is 7.64. The molecule has 1 aromatic heterocycles. The fourth-order valence-electron chi connectivity index (χ4n) is 3.73. The van der Waals surface area contributed by atoms with E-state index in [0.29, 0.717) is 16.8 Å². The molecule has 184 valence electrons. The largest absolute Gasteiger partial charge is 0.495 e. The van der Waals surface area contributed by atoms with Crippen molar-refractivity contribution in [1.29, 1.82) is 0 Å². The average Bonchev–Trinajstić information content (AvgIpc) is 3.14. The highest BCUT2D eigenvalue weighted by atomic mass is 32.2. The molecular weight excluding hydrogens is 502 g/mol. The lowest BCUT2D eigenvalue weighted by Crippen LogP contribution is -2.40. The van der Waals surface area contributed by atoms with Gasteiger partial charge in [-0.2, -0.15) is 4.31 Å². The van der Waals surface area contributed by atoms with Crippen molar-refractivity contribution in [2.45, 2.75) is 29.7 Å². The van der Waals surface area contributed by atoms with Crippen LogP contribution in [-0.4, -0.2) is 59.1 Å². The normalized spacial score (nSPS) is 15.5. The standard InChI is InChI=1S/C21H25N3O7S3/c1-3-8-24-17-6-5-16(14-19(17)32-21(24)25)33(26,27)22-15-4-7-18(30-2)20(13-15)34(28,29)23-9-11-31-12-10-23/h4-7,13-14,22H,3,8-12H2,1-2H3. The highest BCUT2D eigenvalue weighted by Crippen LogP contribution is 2.31. The smallest absolute Gasteiger partial charge is 0.308 e. The molecule has 2 aromatic carbocycles. The summed E-state index contributed by atoms with van der Waals surface area (Å²) in [5.41, 5.74) is 0.753. The number of methoxy groups -OCH3 is 1. The molecule has 0 unspecified atom stereocenters. The topological polar surface area (TPSA) is 124 Å². The minimum Gasteiger partial charge on any atom is -0.495 e. The van der Waals surface area contributed by atoms with Crippen LogP contribution in [0.5, 0.6) is 5.75 Å². The van der Waals surface area contributed by atoms with E-state index in [1.807, 2.05) is 6.92 Å². The number of sulfonamides is 2. The van der Waals surface area contributed by atoms with Gasteiger partial charge >= 0.3 is 4.87 Å². The van der Waals surface area contributed by atoms with Crippen LogP contribution in [0, 0.1) is 0 Å². The molecule has 10 nitrogen and oxygen atoms in total. The van der Waals surface area contributed by atoms with Crippen molar-refractivity contribution in [3.63, 3.8) is 0 Å². The number of hydrogen-bond acceptors (Lipinski definition) is 8. The lowest BCUT2D eigenvalue weighted by atomic mass is 10.3. The van der Waals surface area contributed by atoms with Crippen LogP contribution in [0.15, 0.2) is 51.0 Å². The molecule has 1 aliphatic heterocycles. The summed E-state index contributed by atoms with van der Waals surface area (Å²) in [6.07, 6.45) is 0.778. The third kappa shape index (κ3) is 4.70. The summed E-state index contributed by atoms with van der Waals surface area (Å²) in [6, 6.07) is 8.58. The third-order valence-corrected chi connectivity index (χ3v) is 9.64. The van der Waals surface area contributed by atoms with Crippen LogP contribution in [0.4, 0.5) is 5.69 Å². The number of nitrogens with one attached hydrogen (secondary N) is 1. The van der Waals surface area contributed by atoms with Gasteiger partial charge in [0.15, 0.2) is 0 Å². The predicted octanol–water partition coefficient (Wildman–Crippen LogP) is 2.30. The first-order chi connectivity index (χ1) is 16.2. The Labute approximate surface area is 201 Å². The SMILES string of the molecule is CCCn1c(=O)sc2cc(S(=O)(=O)Nc3ccc(OC)c(S(=O)(=O)N4CCOCC4)c3)ccc21. The summed E-state index contributed by atoms with van der Waals surface area (Å²) < 4.78 is 68.9. The molecule has 0 atom stereocenters. The summed E-state index contributed by atoms with van der Waals surface area (Å²) in [5.74, 6) is 0.109. The lowest BCUT2D eigenvalue weighted by molar-refractivity contribution is 0.0729. The summed E-state index contributed by atoms with van der Waals surface area (Å²) in [4.78, 5) is 11.9. The average molecular weight is 528 g/mol. The Morgan fingerprint density at radius 3 is 2.50 bits per heavy atom. The highest BCUT2D eigenvalue weighted by Gasteiger charge is 2.30. The summed E-state index contributed by atoms with van der Waals surface area (Å²) in [7, 11) is -6.63. The van der Waals surface area contributed by atoms with E-state index < -0.39 is 20.0 Å². The molecule has 0 amide bonds. The van der Waals surface area contributed by atoms with E-state index in [0.717, 1.165) is 17.8 Å². The fourth-order valence-corrected chi connectivity index (χ4v) is 7.43. The third-order valence-electron chi connectivity index (χ3n) is 5.40. The van der Waals surface area contributed by atoms with E-state index in [1.165, 1.54) is 41.7 Å². The number of aromatic nitrogens is 1. The van der Waals surface area contributed by atoms with Crippen LogP contribution < -0.4 is 14.3 Å². The number of hydrogen-bond donors (Lipinski definition) is 1. The van der Waals surface area contributed by atoms with Gasteiger partial charge < -0.3 is 9.47 Å². The molecule has 3 aromatic rings. The Balaban J connectivity index is 1.68. The molecule has 2 heterocycles. The first kappa shape index (κ1) is 24.7. The maximum Gasteiger partial charge on any atom is 0.308 e. The zero-order valence-electron chi connectivity index (χ0n) is 18.7. The van der Waals surface area contributed by atoms with Crippen LogP contribution in [0.3, 0.4) is 0 Å². The van der Waals surface area contributed by atoms with Crippen molar-refractivity contribution in [3.8, 4) is 5.75 Å². The predicted molar refractivity (Wildman–Crippen MR) is 130 cm³/mol. The first-order valence-corrected chi connectivity index (χ1v) is 14.3. The number of morpholine rings is 1. The molecule has 0 radical (unpaired) electrons. The molecule has 0 saturated carbocycles. The molecular formula is C21H25N3O7S3. The number of aryl methyl sites for hydroxylation is 1. The van der Waals surface area contributed by atoms with E-state index in [9.17, 15) is 21.6 Å². The van der Waals surface area contributed by atoms with Crippen molar-refractivity contribution >= 4 is 47.3 Å². The highest BCUT2D eigenvalue weighted by molar-refractivity contribution is 7.92. The number of thiazole rings is 1. The monoisotopic (exact) mass is 527 g/mol. The molecule has 13 heteroatoms. The van der Waals surface area contributed by atoms with E-state index in [-0.39, 0.29) is 52.4 Å². The van der Waals surface area contributed by atoms with Crippen molar-refractivity contribution in [2.24, 2.45) is 0 Å². The zero-order chi connectivity index (χ0) is 24.5. The lowest BCUT2D eigenvalue weighted by Gasteiger charge is -2.26. The van der Waals surface area contributed by atoms with Gasteiger partial charge in [-0.15, -0.1) is 0 Å². The van der Waals surface area contributed by atoms with E-state index in [1.54, 1.807) is 10.6 Å². The number of rotatable bonds is 8. The zero-order valence-corrected chi connectivity index (χ0v) is 21.1. The summed E-state index contributed by atoms with van der Waals surface area (Å²) in [6.45, 7) is 3.46. The molecule has 1 saturated heterocycles. The first-order valence-electron chi connectivity index (χ1n) is 10.6. The van der Waals surface area contributed by atoms with Crippen LogP contribution in [-0.2, 0) is 31.3 Å². The molecule has 1 N–H and O–H groups in total. The summed E-state index contributed by atoms with van der Waals surface area (Å²) in [5, 5.41) is 0. The van der Waals surface area contributed by atoms with Gasteiger partial charge in [0, 0.05) is 19.6 Å². The van der Waals surface area contributed by atoms with Crippen LogP contribution in [0.1, 0.15) is 13.3 Å². The van der Waals surface area contributed by atoms with Gasteiger partial charge in [-0.3, -0.25) is 14.1 Å². The molecule has 1 aliphatic rings. The Hall–Kier alpha value is -2.45. The van der Waals surface area contributed by atoms with Crippen molar-refractivity contribution in [2.75, 3.05) is 38.1 Å². The van der Waals surface area contributed by atoms with Crippen LogP contribution >= 0.6 is 11.3 Å². The van der Waals surface area contributed by atoms with E-state index >= 15 is 0 Å². The summed E-state index contributed by atoms with van der Waals surface area (Å²) >= 11 is 0.985. The fraction of sp³-hybridized carbons (Fsp3) is 0.381. The quantitative estimate of drug-likeness (QED) is 0.477. The van der Waals surface area contributed by atoms with Gasteiger partial charge in [0.2, 0.25) is 10.0 Å². The molecule has 0 spiro atoms. The van der Waals surface area contributed by atoms with Crippen molar-refractivity contribution < 1.29 is 26.3 Å². The Morgan fingerprint density at radius 1 is 1.09 bits per heavy atom. The van der Waals surface area contributed by atoms with Crippen LogP contribution in [0.25, 0.3) is 10.2 Å². The van der Waals surface area contributed by atoms with E-state index in [2.05, 4.69) is 4.72 Å². The second-order valence-corrected chi connectivity index (χ2v) is 12.2. The Kier molecular flexibility index (Phi) is 7.01. The number of benzene rings is 2. The Bertz CT molecular complexity index is 1470. The van der Waals surface area contributed by atoms with Gasteiger partial charge in [0.05, 0.1) is 41.1 Å². The number of nitrogens with zero attached hydrogens (tertiary/aromatic N) is 2. The van der Waals surface area contributed by atoms with Gasteiger partial charge in [0.1, 0.15) is 10.6 Å². The van der Waals surface area contributed by atoms with Crippen molar-refractivity contribution in [3.05, 3.63) is 46.1 Å². The van der Waals surface area contributed by atoms with Gasteiger partial charge in [0.25, 0.3) is 10.0 Å². The molecule has 4 rings (SSSR count). The second kappa shape index (κ2) is 9.66. The van der Waals surface area contributed by atoms with Gasteiger partial charge in [-0.05, 0) is 42.8 Å². The Morgan fingerprint density at radius 2 is 1.82 bits per heavy atom. The minimum atomic E-state index is -4.05. The number of anilines is 1. The minimum absolute atomic E-state index is 0.0293. The molecule has 0 aliphatic carbocycles. The molecule has 1 fully saturated rings. The molecule has 0 bridgehead atoms. The number of fused-ring (bicyclic) bond motifs is 1. The maximum atomic E-state index is 13.2. The number of ether oxygens (including phenoxy) is 2. The van der Waals surface area contributed by atoms with Gasteiger partial charge in [-0.1, -0.05) is 18.3 Å². The van der Waals surface area contributed by atoms with E-state index in [4.69, 9.17) is 9.47 Å². The van der Waals surface area contributed by atoms with Gasteiger partial charge in [-0.25, -0.2) is 16.8 Å².